The largest absolute Gasteiger partial charge is 0.462 e. The molecule has 0 amide bonds. The van der Waals surface area contributed by atoms with Crippen molar-refractivity contribution in [2.45, 2.75) is 367 Å². The van der Waals surface area contributed by atoms with E-state index >= 15 is 0 Å². The molecule has 0 radical (unpaired) electrons. The van der Waals surface area contributed by atoms with Gasteiger partial charge in [-0.05, 0) is 116 Å². The average molecular weight is 1120 g/mol. The number of unbranched alkanes of at least 4 members (excludes halogenated alkanes) is 41. The predicted octanol–water partition coefficient (Wildman–Crippen LogP) is 24.1. The summed E-state index contributed by atoms with van der Waals surface area (Å²) in [6.07, 6.45) is 89.2. The van der Waals surface area contributed by atoms with Crippen LogP contribution in [0.15, 0.2) is 72.9 Å². The van der Waals surface area contributed by atoms with Crippen molar-refractivity contribution in [3.63, 3.8) is 0 Å². The highest BCUT2D eigenvalue weighted by atomic mass is 16.6. The minimum absolute atomic E-state index is 0.0818. The van der Waals surface area contributed by atoms with E-state index in [0.717, 1.165) is 96.3 Å². The van der Waals surface area contributed by atoms with Crippen molar-refractivity contribution in [2.75, 3.05) is 13.2 Å². The molecule has 0 aromatic heterocycles. The molecule has 0 saturated carbocycles. The SMILES string of the molecule is CCCCCCC/C=C\C/C=C\C/C=C\CCCCCCCCC(=O)OC(COC(=O)CCCCCCC/C=C\CCCCCCCCC)COC(=O)CCCCCCCCCCCCCCC/C=C\C/C=C\CCCCCCC. The molecule has 6 heteroatoms. The molecule has 0 aliphatic rings. The number of carbonyl (C=O) groups is 3. The molecule has 6 nitrogen and oxygen atoms in total. The van der Waals surface area contributed by atoms with Gasteiger partial charge in [-0.3, -0.25) is 14.4 Å². The van der Waals surface area contributed by atoms with Gasteiger partial charge >= 0.3 is 17.9 Å². The van der Waals surface area contributed by atoms with E-state index in [9.17, 15) is 14.4 Å². The first-order chi connectivity index (χ1) is 39.5. The number of esters is 3. The van der Waals surface area contributed by atoms with Crippen molar-refractivity contribution >= 4 is 17.9 Å². The maximum Gasteiger partial charge on any atom is 0.306 e. The molecule has 1 atom stereocenters. The second kappa shape index (κ2) is 68.3. The topological polar surface area (TPSA) is 78.9 Å². The Morgan fingerprint density at radius 3 is 0.713 bits per heavy atom. The summed E-state index contributed by atoms with van der Waals surface area (Å²) in [5.74, 6) is -0.885. The van der Waals surface area contributed by atoms with Crippen molar-refractivity contribution in [3.8, 4) is 0 Å². The van der Waals surface area contributed by atoms with E-state index in [4.69, 9.17) is 14.2 Å². The van der Waals surface area contributed by atoms with Crippen LogP contribution in [0.25, 0.3) is 0 Å². The van der Waals surface area contributed by atoms with Crippen LogP contribution in [-0.4, -0.2) is 37.2 Å². The van der Waals surface area contributed by atoms with Crippen LogP contribution in [0.4, 0.5) is 0 Å². The lowest BCUT2D eigenvalue weighted by Gasteiger charge is -2.18. The van der Waals surface area contributed by atoms with Crippen LogP contribution in [0.3, 0.4) is 0 Å². The second-order valence-electron chi connectivity index (χ2n) is 23.4. The first-order valence-electron chi connectivity index (χ1n) is 34.9. The lowest BCUT2D eigenvalue weighted by atomic mass is 10.0. The summed E-state index contributed by atoms with van der Waals surface area (Å²) in [7, 11) is 0. The van der Waals surface area contributed by atoms with Crippen LogP contribution < -0.4 is 0 Å². The molecule has 1 unspecified atom stereocenters. The predicted molar refractivity (Wildman–Crippen MR) is 348 cm³/mol. The van der Waals surface area contributed by atoms with E-state index in [2.05, 4.69) is 93.7 Å². The molecule has 0 N–H and O–H groups in total. The number of rotatable bonds is 64. The van der Waals surface area contributed by atoms with Gasteiger partial charge in [-0.25, -0.2) is 0 Å². The second-order valence-corrected chi connectivity index (χ2v) is 23.4. The van der Waals surface area contributed by atoms with Gasteiger partial charge in [0.1, 0.15) is 13.2 Å². The molecule has 0 aromatic rings. The van der Waals surface area contributed by atoms with Gasteiger partial charge in [0.2, 0.25) is 0 Å². The Labute approximate surface area is 497 Å². The molecule has 0 bridgehead atoms. The average Bonchev–Trinajstić information content (AvgIpc) is 3.46. The van der Waals surface area contributed by atoms with E-state index < -0.39 is 6.10 Å². The van der Waals surface area contributed by atoms with Gasteiger partial charge in [-0.1, -0.05) is 299 Å². The highest BCUT2D eigenvalue weighted by Crippen LogP contribution is 2.17. The molecule has 0 aliphatic heterocycles. The quantitative estimate of drug-likeness (QED) is 0.0261. The first kappa shape index (κ1) is 76.9. The van der Waals surface area contributed by atoms with E-state index in [1.807, 2.05) is 0 Å². The zero-order chi connectivity index (χ0) is 57.8. The molecular weight excluding hydrogens is 985 g/mol. The lowest BCUT2D eigenvalue weighted by molar-refractivity contribution is -0.167. The number of ether oxygens (including phenoxy) is 3. The summed E-state index contributed by atoms with van der Waals surface area (Å²) in [5.41, 5.74) is 0. The van der Waals surface area contributed by atoms with Crippen LogP contribution in [0, 0.1) is 0 Å². The first-order valence-corrected chi connectivity index (χ1v) is 34.9. The fourth-order valence-electron chi connectivity index (χ4n) is 10.1. The van der Waals surface area contributed by atoms with E-state index in [1.165, 1.54) is 225 Å². The molecule has 0 rings (SSSR count). The maximum absolute atomic E-state index is 12.9. The Morgan fingerprint density at radius 2 is 0.450 bits per heavy atom. The third-order valence-corrected chi connectivity index (χ3v) is 15.4. The van der Waals surface area contributed by atoms with E-state index in [0.29, 0.717) is 19.3 Å². The maximum atomic E-state index is 12.9. The van der Waals surface area contributed by atoms with E-state index in [-0.39, 0.29) is 31.1 Å². The van der Waals surface area contributed by atoms with Crippen molar-refractivity contribution in [2.24, 2.45) is 0 Å². The summed E-state index contributed by atoms with van der Waals surface area (Å²) in [5, 5.41) is 0. The van der Waals surface area contributed by atoms with Gasteiger partial charge in [-0.2, -0.15) is 0 Å². The molecule has 0 aromatic carbocycles. The monoisotopic (exact) mass is 1120 g/mol. The number of hydrogen-bond acceptors (Lipinski definition) is 6. The smallest absolute Gasteiger partial charge is 0.306 e. The Morgan fingerprint density at radius 1 is 0.250 bits per heavy atom. The summed E-state index contributed by atoms with van der Waals surface area (Å²) < 4.78 is 17.0. The van der Waals surface area contributed by atoms with Crippen LogP contribution >= 0.6 is 0 Å². The van der Waals surface area contributed by atoms with Crippen molar-refractivity contribution in [1.29, 1.82) is 0 Å². The van der Waals surface area contributed by atoms with Gasteiger partial charge in [-0.15, -0.1) is 0 Å². The standard InChI is InChI=1S/C74H132O6/c1-4-7-10-13-16-19-22-25-28-31-33-35-36-37-38-40-41-43-46-49-52-55-58-61-64-67-73(76)79-70-71(69-78-72(75)66-63-60-57-54-51-48-45-30-27-24-21-18-15-12-9-6-3)80-74(77)68-65-62-59-56-53-50-47-44-42-39-34-32-29-26-23-20-17-14-11-8-5-2/h22-23,25-26,30-34,42,44-45,71H,4-21,24,27-29,35-41,43,46-70H2,1-3H3/b25-22-,26-23-,33-31-,34-32-,44-42-,45-30-. The third kappa shape index (κ3) is 65.7. The molecule has 0 heterocycles. The number of hydrogen-bond donors (Lipinski definition) is 0. The zero-order valence-corrected chi connectivity index (χ0v) is 53.3. The Bertz CT molecular complexity index is 1470. The fraction of sp³-hybridized carbons (Fsp3) is 0.797. The van der Waals surface area contributed by atoms with Gasteiger partial charge in [0.05, 0.1) is 0 Å². The number of allylic oxidation sites excluding steroid dienone is 12. The van der Waals surface area contributed by atoms with Crippen LogP contribution in [0.2, 0.25) is 0 Å². The van der Waals surface area contributed by atoms with Crippen LogP contribution in [0.5, 0.6) is 0 Å². The minimum atomic E-state index is -0.788. The fourth-order valence-corrected chi connectivity index (χ4v) is 10.1. The van der Waals surface area contributed by atoms with Gasteiger partial charge in [0.15, 0.2) is 6.10 Å². The highest BCUT2D eigenvalue weighted by Gasteiger charge is 2.19. The Balaban J connectivity index is 4.35. The summed E-state index contributed by atoms with van der Waals surface area (Å²) >= 11 is 0. The zero-order valence-electron chi connectivity index (χ0n) is 53.3. The summed E-state index contributed by atoms with van der Waals surface area (Å²) in [6.45, 7) is 6.65. The molecule has 0 spiro atoms. The van der Waals surface area contributed by atoms with Crippen molar-refractivity contribution in [3.05, 3.63) is 72.9 Å². The molecular formula is C74H132O6. The van der Waals surface area contributed by atoms with Crippen LogP contribution in [0.1, 0.15) is 361 Å². The minimum Gasteiger partial charge on any atom is -0.462 e. The molecule has 0 aliphatic carbocycles. The van der Waals surface area contributed by atoms with Crippen molar-refractivity contribution in [1.82, 2.24) is 0 Å². The molecule has 0 saturated heterocycles. The third-order valence-electron chi connectivity index (χ3n) is 15.4. The number of carbonyl (C=O) groups excluding carboxylic acids is 3. The lowest BCUT2D eigenvalue weighted by Crippen LogP contribution is -2.30. The molecule has 80 heavy (non-hydrogen) atoms. The van der Waals surface area contributed by atoms with Crippen LogP contribution in [-0.2, 0) is 28.6 Å². The molecule has 0 fully saturated rings. The highest BCUT2D eigenvalue weighted by molar-refractivity contribution is 5.71. The van der Waals surface area contributed by atoms with Gasteiger partial charge in [0.25, 0.3) is 0 Å². The van der Waals surface area contributed by atoms with Gasteiger partial charge in [0, 0.05) is 19.3 Å². The summed E-state index contributed by atoms with van der Waals surface area (Å²) in [6, 6.07) is 0. The van der Waals surface area contributed by atoms with E-state index in [1.54, 1.807) is 0 Å². The molecule has 464 valence electrons. The Hall–Kier alpha value is -3.15. The normalized spacial score (nSPS) is 12.5. The Kier molecular flexibility index (Phi) is 65.7. The van der Waals surface area contributed by atoms with Crippen molar-refractivity contribution < 1.29 is 28.6 Å². The van der Waals surface area contributed by atoms with Gasteiger partial charge < -0.3 is 14.2 Å². The summed E-state index contributed by atoms with van der Waals surface area (Å²) in [4.78, 5) is 38.4.